The summed E-state index contributed by atoms with van der Waals surface area (Å²) < 4.78 is 11.1. The lowest BCUT2D eigenvalue weighted by Gasteiger charge is -2.29. The monoisotopic (exact) mass is 312 g/mol. The van der Waals surface area contributed by atoms with Gasteiger partial charge in [0.05, 0.1) is 24.4 Å². The maximum Gasteiger partial charge on any atom is 0.260 e. The number of carbonyl (C=O) groups is 1. The fourth-order valence-electron chi connectivity index (χ4n) is 2.38. The largest absolute Gasteiger partial charge is 0.490 e. The van der Waals surface area contributed by atoms with Crippen LogP contribution in [0.2, 0.25) is 0 Å². The van der Waals surface area contributed by atoms with Gasteiger partial charge in [0.1, 0.15) is 12.4 Å². The van der Waals surface area contributed by atoms with Crippen molar-refractivity contribution in [2.75, 3.05) is 24.7 Å². The van der Waals surface area contributed by atoms with E-state index < -0.39 is 0 Å². The molecule has 1 amide bonds. The van der Waals surface area contributed by atoms with Gasteiger partial charge in [-0.2, -0.15) is 0 Å². The highest BCUT2D eigenvalue weighted by molar-refractivity contribution is 6.06. The topological polar surface area (TPSA) is 51.7 Å². The lowest BCUT2D eigenvalue weighted by Crippen LogP contribution is -2.37. The third-order valence-electron chi connectivity index (χ3n) is 3.52. The Morgan fingerprint density at radius 1 is 1.30 bits per heavy atom. The number of anilines is 1. The van der Waals surface area contributed by atoms with E-state index in [-0.39, 0.29) is 5.91 Å². The van der Waals surface area contributed by atoms with Gasteiger partial charge in [-0.25, -0.2) is 4.98 Å². The normalized spacial score (nSPS) is 13.4. The summed E-state index contributed by atoms with van der Waals surface area (Å²) in [5.41, 5.74) is 1.34. The van der Waals surface area contributed by atoms with Crippen LogP contribution >= 0.6 is 0 Å². The molecule has 5 heteroatoms. The molecule has 120 valence electrons. The number of pyridine rings is 1. The van der Waals surface area contributed by atoms with Crippen molar-refractivity contribution in [2.45, 2.75) is 13.8 Å². The Hall–Kier alpha value is -2.56. The van der Waals surface area contributed by atoms with Gasteiger partial charge in [-0.05, 0) is 24.1 Å². The first-order valence-corrected chi connectivity index (χ1v) is 7.77. The molecule has 0 spiro atoms. The van der Waals surface area contributed by atoms with Gasteiger partial charge >= 0.3 is 0 Å². The molecule has 0 unspecified atom stereocenters. The van der Waals surface area contributed by atoms with Crippen LogP contribution in [0.4, 0.5) is 5.69 Å². The number of hydrogen-bond acceptors (Lipinski definition) is 4. The number of rotatable bonds is 4. The van der Waals surface area contributed by atoms with E-state index in [0.29, 0.717) is 37.1 Å². The minimum Gasteiger partial charge on any atom is -0.490 e. The van der Waals surface area contributed by atoms with Crippen LogP contribution in [0.15, 0.2) is 42.6 Å². The molecule has 2 aromatic rings. The maximum absolute atomic E-state index is 12.7. The average molecular weight is 312 g/mol. The molecule has 1 aromatic carbocycles. The fraction of sp³-hybridized carbons (Fsp3) is 0.333. The molecular formula is C18H20N2O3. The van der Waals surface area contributed by atoms with E-state index in [9.17, 15) is 4.79 Å². The summed E-state index contributed by atoms with van der Waals surface area (Å²) in [5.74, 6) is 1.63. The molecule has 0 radical (unpaired) electrons. The summed E-state index contributed by atoms with van der Waals surface area (Å²) in [6.07, 6.45) is 1.57. The molecule has 0 atom stereocenters. The summed E-state index contributed by atoms with van der Waals surface area (Å²) in [5, 5.41) is 0. The summed E-state index contributed by atoms with van der Waals surface area (Å²) in [7, 11) is 0. The average Bonchev–Trinajstić information content (AvgIpc) is 2.59. The van der Waals surface area contributed by atoms with Crippen LogP contribution in [-0.2, 0) is 0 Å². The van der Waals surface area contributed by atoms with Crippen molar-refractivity contribution in [3.8, 4) is 11.6 Å². The van der Waals surface area contributed by atoms with Gasteiger partial charge in [0.2, 0.25) is 5.88 Å². The number of hydrogen-bond donors (Lipinski definition) is 0. The minimum atomic E-state index is -0.0799. The number of carbonyl (C=O) groups excluding carboxylic acids is 1. The Kier molecular flexibility index (Phi) is 4.46. The van der Waals surface area contributed by atoms with E-state index in [2.05, 4.69) is 18.8 Å². The Morgan fingerprint density at radius 3 is 2.87 bits per heavy atom. The highest BCUT2D eigenvalue weighted by Gasteiger charge is 2.24. The van der Waals surface area contributed by atoms with E-state index in [1.165, 1.54) is 0 Å². The van der Waals surface area contributed by atoms with E-state index in [1.807, 2.05) is 24.3 Å². The fourth-order valence-corrected chi connectivity index (χ4v) is 2.38. The number of ether oxygens (including phenoxy) is 2. The van der Waals surface area contributed by atoms with Crippen LogP contribution in [0.1, 0.15) is 24.2 Å². The van der Waals surface area contributed by atoms with Crippen LogP contribution in [0.5, 0.6) is 11.6 Å². The predicted molar refractivity (Wildman–Crippen MR) is 88.2 cm³/mol. The Morgan fingerprint density at radius 2 is 2.13 bits per heavy atom. The van der Waals surface area contributed by atoms with Gasteiger partial charge in [-0.1, -0.05) is 26.0 Å². The van der Waals surface area contributed by atoms with E-state index in [1.54, 1.807) is 23.2 Å². The molecule has 1 aliphatic heterocycles. The first-order chi connectivity index (χ1) is 11.1. The quantitative estimate of drug-likeness (QED) is 0.870. The Bertz CT molecular complexity index is 683. The lowest BCUT2D eigenvalue weighted by molar-refractivity contribution is 0.0976. The molecule has 23 heavy (non-hydrogen) atoms. The molecule has 2 heterocycles. The highest BCUT2D eigenvalue weighted by atomic mass is 16.5. The first-order valence-electron chi connectivity index (χ1n) is 7.77. The molecule has 0 N–H and O–H groups in total. The molecule has 1 aromatic heterocycles. The molecule has 5 nitrogen and oxygen atoms in total. The van der Waals surface area contributed by atoms with Crippen molar-refractivity contribution in [2.24, 2.45) is 5.92 Å². The zero-order chi connectivity index (χ0) is 16.2. The zero-order valence-corrected chi connectivity index (χ0v) is 13.4. The summed E-state index contributed by atoms with van der Waals surface area (Å²) in [4.78, 5) is 18.7. The van der Waals surface area contributed by atoms with Crippen molar-refractivity contribution >= 4 is 11.6 Å². The van der Waals surface area contributed by atoms with Crippen LogP contribution in [-0.4, -0.2) is 30.6 Å². The van der Waals surface area contributed by atoms with Crippen molar-refractivity contribution in [3.05, 3.63) is 48.2 Å². The second kappa shape index (κ2) is 6.69. The van der Waals surface area contributed by atoms with Crippen molar-refractivity contribution < 1.29 is 14.3 Å². The van der Waals surface area contributed by atoms with E-state index in [0.717, 1.165) is 11.4 Å². The van der Waals surface area contributed by atoms with Crippen molar-refractivity contribution in [3.63, 3.8) is 0 Å². The van der Waals surface area contributed by atoms with E-state index >= 15 is 0 Å². The third kappa shape index (κ3) is 3.44. The lowest BCUT2D eigenvalue weighted by atomic mass is 10.2. The molecule has 1 aliphatic rings. The highest BCUT2D eigenvalue weighted by Crippen LogP contribution is 2.31. The predicted octanol–water partition coefficient (Wildman–Crippen LogP) is 3.16. The Labute approximate surface area is 135 Å². The van der Waals surface area contributed by atoms with Crippen LogP contribution in [0, 0.1) is 5.92 Å². The zero-order valence-electron chi connectivity index (χ0n) is 13.4. The summed E-state index contributed by atoms with van der Waals surface area (Å²) >= 11 is 0. The smallest absolute Gasteiger partial charge is 0.260 e. The molecule has 0 saturated carbocycles. The third-order valence-corrected chi connectivity index (χ3v) is 3.52. The van der Waals surface area contributed by atoms with E-state index in [4.69, 9.17) is 9.47 Å². The second-order valence-corrected chi connectivity index (χ2v) is 5.86. The molecule has 0 aliphatic carbocycles. The van der Waals surface area contributed by atoms with Gasteiger partial charge in [0.25, 0.3) is 5.91 Å². The number of para-hydroxylation sites is 2. The molecule has 0 bridgehead atoms. The van der Waals surface area contributed by atoms with Crippen molar-refractivity contribution in [1.29, 1.82) is 0 Å². The minimum absolute atomic E-state index is 0.0799. The number of benzene rings is 1. The SMILES string of the molecule is CC(C)COc1ccc(C(=O)N2CCOc3ccccc32)cn1. The molecule has 0 fully saturated rings. The molecular weight excluding hydrogens is 292 g/mol. The summed E-state index contributed by atoms with van der Waals surface area (Å²) in [6.45, 7) is 5.78. The second-order valence-electron chi connectivity index (χ2n) is 5.86. The van der Waals surface area contributed by atoms with Crippen LogP contribution in [0.25, 0.3) is 0 Å². The Balaban J connectivity index is 1.76. The van der Waals surface area contributed by atoms with Gasteiger partial charge in [-0.3, -0.25) is 4.79 Å². The number of nitrogens with zero attached hydrogens (tertiary/aromatic N) is 2. The number of amides is 1. The van der Waals surface area contributed by atoms with Gasteiger partial charge in [-0.15, -0.1) is 0 Å². The standard InChI is InChI=1S/C18H20N2O3/c1-13(2)12-23-17-8-7-14(11-19-17)18(21)20-9-10-22-16-6-4-3-5-15(16)20/h3-8,11,13H,9-10,12H2,1-2H3. The van der Waals surface area contributed by atoms with Gasteiger partial charge < -0.3 is 14.4 Å². The van der Waals surface area contributed by atoms with Crippen molar-refractivity contribution in [1.82, 2.24) is 4.98 Å². The number of fused-ring (bicyclic) bond motifs is 1. The number of aromatic nitrogens is 1. The van der Waals surface area contributed by atoms with Gasteiger partial charge in [0, 0.05) is 12.3 Å². The maximum atomic E-state index is 12.7. The molecule has 3 rings (SSSR count). The first kappa shape index (κ1) is 15.3. The van der Waals surface area contributed by atoms with Crippen LogP contribution in [0.3, 0.4) is 0 Å². The van der Waals surface area contributed by atoms with Gasteiger partial charge in [0.15, 0.2) is 0 Å². The summed E-state index contributed by atoms with van der Waals surface area (Å²) in [6, 6.07) is 11.0. The van der Waals surface area contributed by atoms with Crippen LogP contribution < -0.4 is 14.4 Å². The molecule has 0 saturated heterocycles.